The van der Waals surface area contributed by atoms with E-state index >= 15 is 0 Å². The summed E-state index contributed by atoms with van der Waals surface area (Å²) in [5.41, 5.74) is 4.59. The second-order valence-electron chi connectivity index (χ2n) is 2.81. The zero-order valence-corrected chi connectivity index (χ0v) is 7.08. The predicted molar refractivity (Wildman–Crippen MR) is 45.5 cm³/mol. The minimum atomic E-state index is -4.97. The molecule has 0 aromatic carbocycles. The summed E-state index contributed by atoms with van der Waals surface area (Å²) in [6.45, 7) is -4.97. The largest absolute Gasteiger partial charge is 0.482 e. The van der Waals surface area contributed by atoms with E-state index in [1.807, 2.05) is 0 Å². The Bertz CT molecular complexity index is 353. The van der Waals surface area contributed by atoms with Crippen molar-refractivity contribution in [2.45, 2.75) is 6.32 Å². The number of pyridine rings is 1. The summed E-state index contributed by atoms with van der Waals surface area (Å²) in [7, 11) is 0. The molecule has 1 amide bonds. The molecule has 0 aliphatic rings. The fourth-order valence-corrected chi connectivity index (χ4v) is 1.07. The van der Waals surface area contributed by atoms with E-state index in [0.717, 1.165) is 12.3 Å². The maximum atomic E-state index is 12.1. The molecule has 7 heteroatoms. The highest BCUT2D eigenvalue weighted by Gasteiger charge is 2.25. The minimum absolute atomic E-state index is 0.125. The number of aromatic nitrogens is 1. The number of rotatable bonds is 3. The lowest BCUT2D eigenvalue weighted by atomic mass is 9.80. The molecular weight excluding hydrogens is 196 g/mol. The van der Waals surface area contributed by atoms with Crippen molar-refractivity contribution >= 4 is 12.9 Å². The molecular formula is C7H7BF3N2O-. The molecule has 0 bridgehead atoms. The Balaban J connectivity index is 3.02. The molecule has 1 aromatic rings. The Labute approximate surface area is 78.2 Å². The number of carbonyl (C=O) groups is 1. The van der Waals surface area contributed by atoms with Crippen molar-refractivity contribution in [1.82, 2.24) is 4.98 Å². The van der Waals surface area contributed by atoms with Gasteiger partial charge in [0.05, 0.1) is 5.56 Å². The van der Waals surface area contributed by atoms with Crippen LogP contribution >= 0.6 is 0 Å². The van der Waals surface area contributed by atoms with E-state index in [1.54, 1.807) is 0 Å². The highest BCUT2D eigenvalue weighted by molar-refractivity contribution is 6.58. The van der Waals surface area contributed by atoms with Crippen LogP contribution in [0.1, 0.15) is 15.9 Å². The van der Waals surface area contributed by atoms with E-state index in [9.17, 15) is 17.7 Å². The lowest BCUT2D eigenvalue weighted by molar-refractivity contribution is 0.0999. The van der Waals surface area contributed by atoms with Crippen LogP contribution < -0.4 is 5.73 Å². The average molecular weight is 203 g/mol. The molecule has 1 heterocycles. The first-order chi connectivity index (χ1) is 6.40. The van der Waals surface area contributed by atoms with Crippen molar-refractivity contribution in [2.75, 3.05) is 0 Å². The number of hydrogen-bond acceptors (Lipinski definition) is 2. The summed E-state index contributed by atoms with van der Waals surface area (Å²) in [5, 5.41) is 0. The summed E-state index contributed by atoms with van der Waals surface area (Å²) in [6, 6.07) is 1.15. The van der Waals surface area contributed by atoms with Crippen molar-refractivity contribution in [2.24, 2.45) is 5.73 Å². The fourth-order valence-electron chi connectivity index (χ4n) is 1.07. The van der Waals surface area contributed by atoms with Gasteiger partial charge in [-0.2, -0.15) is 0 Å². The number of nitrogens with two attached hydrogens (primary N) is 1. The van der Waals surface area contributed by atoms with Crippen LogP contribution in [0.25, 0.3) is 0 Å². The molecule has 0 spiro atoms. The van der Waals surface area contributed by atoms with E-state index < -0.39 is 19.2 Å². The molecule has 1 rings (SSSR count). The molecule has 0 atom stereocenters. The second-order valence-corrected chi connectivity index (χ2v) is 2.81. The lowest BCUT2D eigenvalue weighted by Gasteiger charge is -2.14. The Hall–Kier alpha value is -1.53. The Kier molecular flexibility index (Phi) is 2.78. The van der Waals surface area contributed by atoms with Gasteiger partial charge in [-0.15, -0.1) is 0 Å². The molecule has 2 N–H and O–H groups in total. The average Bonchev–Trinajstić information content (AvgIpc) is 2.01. The first-order valence-electron chi connectivity index (χ1n) is 3.84. The standard InChI is InChI=1S/C7H7BF3N2O/c9-8(10,11)3-5-1-2-13-4-6(5)7(12)14/h1-2,4H,3H2,(H2,12,14)/q-1. The SMILES string of the molecule is NC(=O)c1cnccc1C[B-](F)(F)F. The number of amides is 1. The van der Waals surface area contributed by atoms with Crippen LogP contribution in [0, 0.1) is 0 Å². The molecule has 0 unspecified atom stereocenters. The number of halogens is 3. The van der Waals surface area contributed by atoms with Crippen LogP contribution in [-0.4, -0.2) is 17.9 Å². The number of primary amides is 1. The van der Waals surface area contributed by atoms with Gasteiger partial charge in [-0.3, -0.25) is 9.78 Å². The smallest absolute Gasteiger partial charge is 0.449 e. The van der Waals surface area contributed by atoms with Crippen LogP contribution in [0.5, 0.6) is 0 Å². The maximum Gasteiger partial charge on any atom is 0.482 e. The Morgan fingerprint density at radius 3 is 2.64 bits per heavy atom. The molecule has 0 aliphatic carbocycles. The first-order valence-corrected chi connectivity index (χ1v) is 3.84. The molecule has 0 radical (unpaired) electrons. The van der Waals surface area contributed by atoms with Gasteiger partial charge < -0.3 is 18.7 Å². The molecule has 76 valence electrons. The van der Waals surface area contributed by atoms with Gasteiger partial charge in [0, 0.05) is 12.4 Å². The number of nitrogens with zero attached hydrogens (tertiary/aromatic N) is 1. The summed E-state index contributed by atoms with van der Waals surface area (Å²) in [6.07, 6.45) is 1.13. The molecule has 0 fully saturated rings. The first kappa shape index (κ1) is 10.6. The normalized spacial score (nSPS) is 11.4. The summed E-state index contributed by atoms with van der Waals surface area (Å²) in [4.78, 5) is 14.3. The van der Waals surface area contributed by atoms with Crippen LogP contribution in [0.4, 0.5) is 12.9 Å². The van der Waals surface area contributed by atoms with E-state index in [-0.39, 0.29) is 11.1 Å². The van der Waals surface area contributed by atoms with Gasteiger partial charge in [-0.25, -0.2) is 0 Å². The van der Waals surface area contributed by atoms with Gasteiger partial charge in [-0.05, 0) is 6.07 Å². The molecule has 0 aliphatic heterocycles. The second kappa shape index (κ2) is 3.69. The van der Waals surface area contributed by atoms with Gasteiger partial charge in [-0.1, -0.05) is 11.9 Å². The van der Waals surface area contributed by atoms with Crippen molar-refractivity contribution in [3.63, 3.8) is 0 Å². The number of carbonyl (C=O) groups excluding carboxylic acids is 1. The van der Waals surface area contributed by atoms with Crippen molar-refractivity contribution in [1.29, 1.82) is 0 Å². The van der Waals surface area contributed by atoms with E-state index in [1.165, 1.54) is 6.20 Å². The highest BCUT2D eigenvalue weighted by atomic mass is 19.4. The van der Waals surface area contributed by atoms with Gasteiger partial charge >= 0.3 is 6.98 Å². The van der Waals surface area contributed by atoms with Crippen molar-refractivity contribution in [3.05, 3.63) is 29.6 Å². The minimum Gasteiger partial charge on any atom is -0.449 e. The maximum absolute atomic E-state index is 12.1. The van der Waals surface area contributed by atoms with E-state index in [4.69, 9.17) is 5.73 Å². The van der Waals surface area contributed by atoms with Gasteiger partial charge in [0.2, 0.25) is 5.91 Å². The topological polar surface area (TPSA) is 56.0 Å². The van der Waals surface area contributed by atoms with Crippen LogP contribution in [0.3, 0.4) is 0 Å². The molecule has 3 nitrogen and oxygen atoms in total. The van der Waals surface area contributed by atoms with Crippen LogP contribution in [0.15, 0.2) is 18.5 Å². The van der Waals surface area contributed by atoms with Crippen molar-refractivity contribution < 1.29 is 17.7 Å². The van der Waals surface area contributed by atoms with Crippen molar-refractivity contribution in [3.8, 4) is 0 Å². The number of hydrogen-bond donors (Lipinski definition) is 1. The van der Waals surface area contributed by atoms with Gasteiger partial charge in [0.15, 0.2) is 0 Å². The quantitative estimate of drug-likeness (QED) is 0.748. The molecule has 14 heavy (non-hydrogen) atoms. The highest BCUT2D eigenvalue weighted by Crippen LogP contribution is 2.18. The van der Waals surface area contributed by atoms with E-state index in [2.05, 4.69) is 4.98 Å². The predicted octanol–water partition coefficient (Wildman–Crippen LogP) is 1.11. The third kappa shape index (κ3) is 2.76. The summed E-state index contributed by atoms with van der Waals surface area (Å²) >= 11 is 0. The van der Waals surface area contributed by atoms with Gasteiger partial charge in [0.1, 0.15) is 0 Å². The third-order valence-corrected chi connectivity index (χ3v) is 1.63. The zero-order chi connectivity index (χ0) is 10.8. The lowest BCUT2D eigenvalue weighted by Crippen LogP contribution is -2.23. The molecule has 0 saturated heterocycles. The van der Waals surface area contributed by atoms with E-state index in [0.29, 0.717) is 0 Å². The fraction of sp³-hybridized carbons (Fsp3) is 0.143. The Morgan fingerprint density at radius 1 is 1.50 bits per heavy atom. The molecule has 1 aromatic heterocycles. The van der Waals surface area contributed by atoms with Gasteiger partial charge in [0.25, 0.3) is 0 Å². The monoisotopic (exact) mass is 203 g/mol. The zero-order valence-electron chi connectivity index (χ0n) is 7.08. The molecule has 0 saturated carbocycles. The van der Waals surface area contributed by atoms with Crippen LogP contribution in [0.2, 0.25) is 0 Å². The third-order valence-electron chi connectivity index (χ3n) is 1.63. The Morgan fingerprint density at radius 2 is 2.14 bits per heavy atom. The van der Waals surface area contributed by atoms with Crippen LogP contribution in [-0.2, 0) is 6.32 Å². The summed E-state index contributed by atoms with van der Waals surface area (Å²) < 4.78 is 36.2. The summed E-state index contributed by atoms with van der Waals surface area (Å²) in [5.74, 6) is -0.895.